The van der Waals surface area contributed by atoms with Crippen molar-refractivity contribution < 1.29 is 14.0 Å². The van der Waals surface area contributed by atoms with Crippen LogP contribution in [0.15, 0.2) is 36.4 Å². The van der Waals surface area contributed by atoms with Crippen LogP contribution < -0.4 is 10.6 Å². The maximum atomic E-state index is 13.7. The highest BCUT2D eigenvalue weighted by atomic mass is 19.1. The van der Waals surface area contributed by atoms with E-state index in [1.165, 1.54) is 12.1 Å². The highest BCUT2D eigenvalue weighted by molar-refractivity contribution is 6.05. The molecular weight excluding hydrogens is 307 g/mol. The minimum Gasteiger partial charge on any atom is -0.349 e. The molecule has 3 rings (SSSR count). The van der Waals surface area contributed by atoms with Crippen molar-refractivity contribution in [2.75, 3.05) is 5.32 Å². The van der Waals surface area contributed by atoms with Gasteiger partial charge in [0.15, 0.2) is 0 Å². The van der Waals surface area contributed by atoms with Gasteiger partial charge < -0.3 is 10.6 Å². The molecule has 0 spiro atoms. The molecule has 1 atom stereocenters. The summed E-state index contributed by atoms with van der Waals surface area (Å²) in [5.41, 5.74) is 2.84. The fourth-order valence-electron chi connectivity index (χ4n) is 3.03. The molecule has 1 unspecified atom stereocenters. The zero-order valence-corrected chi connectivity index (χ0v) is 13.7. The summed E-state index contributed by atoms with van der Waals surface area (Å²) in [5.74, 6) is -0.565. The van der Waals surface area contributed by atoms with Crippen molar-refractivity contribution in [3.05, 3.63) is 64.5 Å². The van der Waals surface area contributed by atoms with Crippen molar-refractivity contribution in [2.45, 2.75) is 32.7 Å². The Morgan fingerprint density at radius 2 is 1.88 bits per heavy atom. The van der Waals surface area contributed by atoms with Gasteiger partial charge in [0, 0.05) is 17.7 Å². The Morgan fingerprint density at radius 3 is 2.50 bits per heavy atom. The van der Waals surface area contributed by atoms with E-state index in [9.17, 15) is 14.0 Å². The zero-order valence-electron chi connectivity index (χ0n) is 13.7. The Morgan fingerprint density at radius 1 is 1.21 bits per heavy atom. The summed E-state index contributed by atoms with van der Waals surface area (Å²) in [6.07, 6.45) is 1.20. The van der Waals surface area contributed by atoms with Gasteiger partial charge >= 0.3 is 0 Å². The molecule has 4 nitrogen and oxygen atoms in total. The molecular formula is C19H19FN2O2. The van der Waals surface area contributed by atoms with E-state index >= 15 is 0 Å². The number of amides is 2. The number of aryl methyl sites for hydroxylation is 2. The fraction of sp³-hybridized carbons (Fsp3) is 0.263. The van der Waals surface area contributed by atoms with E-state index in [1.54, 1.807) is 19.9 Å². The van der Waals surface area contributed by atoms with Crippen LogP contribution in [0.2, 0.25) is 0 Å². The smallest absolute Gasteiger partial charge is 0.255 e. The average Bonchev–Trinajstić information content (AvgIpc) is 2.99. The molecule has 1 aliphatic rings. The molecule has 2 N–H and O–H groups in total. The number of para-hydroxylation sites is 1. The van der Waals surface area contributed by atoms with Crippen molar-refractivity contribution >= 4 is 17.5 Å². The minimum absolute atomic E-state index is 0.0194. The second-order valence-corrected chi connectivity index (χ2v) is 6.12. The Labute approximate surface area is 140 Å². The molecule has 2 amide bonds. The quantitative estimate of drug-likeness (QED) is 0.904. The van der Waals surface area contributed by atoms with Crippen molar-refractivity contribution in [3.63, 3.8) is 0 Å². The van der Waals surface area contributed by atoms with Gasteiger partial charge in [0.2, 0.25) is 5.91 Å². The van der Waals surface area contributed by atoms with Crippen molar-refractivity contribution in [3.8, 4) is 0 Å². The molecule has 1 saturated heterocycles. The van der Waals surface area contributed by atoms with Crippen molar-refractivity contribution in [2.24, 2.45) is 0 Å². The predicted molar refractivity (Wildman–Crippen MR) is 90.4 cm³/mol. The van der Waals surface area contributed by atoms with E-state index in [0.29, 0.717) is 35.2 Å². The molecule has 0 saturated carbocycles. The van der Waals surface area contributed by atoms with Gasteiger partial charge in [-0.15, -0.1) is 0 Å². The van der Waals surface area contributed by atoms with Gasteiger partial charge in [0.1, 0.15) is 5.82 Å². The Balaban J connectivity index is 1.86. The summed E-state index contributed by atoms with van der Waals surface area (Å²) in [6.45, 7) is 3.28. The lowest BCUT2D eigenvalue weighted by Crippen LogP contribution is -2.21. The number of anilines is 1. The Kier molecular flexibility index (Phi) is 4.34. The number of nitrogens with one attached hydrogen (secondary N) is 2. The van der Waals surface area contributed by atoms with Crippen LogP contribution in [0, 0.1) is 19.7 Å². The molecule has 1 aliphatic heterocycles. The first-order valence-electron chi connectivity index (χ1n) is 7.92. The van der Waals surface area contributed by atoms with Crippen LogP contribution in [0.5, 0.6) is 0 Å². The second-order valence-electron chi connectivity index (χ2n) is 6.12. The van der Waals surface area contributed by atoms with E-state index in [2.05, 4.69) is 10.6 Å². The fourth-order valence-corrected chi connectivity index (χ4v) is 3.03. The first-order valence-corrected chi connectivity index (χ1v) is 7.92. The summed E-state index contributed by atoms with van der Waals surface area (Å²) in [4.78, 5) is 24.0. The van der Waals surface area contributed by atoms with Crippen LogP contribution in [0.25, 0.3) is 0 Å². The number of rotatable bonds is 3. The van der Waals surface area contributed by atoms with Crippen LogP contribution in [0.3, 0.4) is 0 Å². The SMILES string of the molecule is Cc1cc(C(=O)Nc2ccccc2C2CCC(=O)N2)cc(C)c1F. The van der Waals surface area contributed by atoms with Gasteiger partial charge in [-0.25, -0.2) is 4.39 Å². The molecule has 0 aromatic heterocycles. The maximum Gasteiger partial charge on any atom is 0.255 e. The molecule has 0 aliphatic carbocycles. The average molecular weight is 326 g/mol. The summed E-state index contributed by atoms with van der Waals surface area (Å²) >= 11 is 0. The lowest BCUT2D eigenvalue weighted by molar-refractivity contribution is -0.119. The molecule has 124 valence electrons. The van der Waals surface area contributed by atoms with Gasteiger partial charge in [-0.05, 0) is 55.2 Å². The molecule has 2 aromatic carbocycles. The van der Waals surface area contributed by atoms with Crippen molar-refractivity contribution in [1.82, 2.24) is 5.32 Å². The lowest BCUT2D eigenvalue weighted by atomic mass is 10.0. The number of benzene rings is 2. The van der Waals surface area contributed by atoms with E-state index in [-0.39, 0.29) is 23.7 Å². The molecule has 0 bridgehead atoms. The van der Waals surface area contributed by atoms with E-state index < -0.39 is 0 Å². The lowest BCUT2D eigenvalue weighted by Gasteiger charge is -2.16. The second kappa shape index (κ2) is 6.43. The zero-order chi connectivity index (χ0) is 17.3. The third kappa shape index (κ3) is 3.15. The molecule has 2 aromatic rings. The van der Waals surface area contributed by atoms with E-state index in [1.807, 2.05) is 18.2 Å². The van der Waals surface area contributed by atoms with Crippen LogP contribution in [0.1, 0.15) is 45.9 Å². The number of halogens is 1. The third-order valence-corrected chi connectivity index (χ3v) is 4.28. The first kappa shape index (κ1) is 16.2. The standard InChI is InChI=1S/C19H19FN2O2/c1-11-9-13(10-12(2)18(11)20)19(24)22-15-6-4-3-5-14(15)16-7-8-17(23)21-16/h3-6,9-10,16H,7-8H2,1-2H3,(H,21,23)(H,22,24). The number of hydrogen-bond donors (Lipinski definition) is 2. The van der Waals surface area contributed by atoms with Gasteiger partial charge in [-0.1, -0.05) is 18.2 Å². The maximum absolute atomic E-state index is 13.7. The van der Waals surface area contributed by atoms with E-state index in [0.717, 1.165) is 5.56 Å². The number of carbonyl (C=O) groups excluding carboxylic acids is 2. The summed E-state index contributed by atoms with van der Waals surface area (Å²) in [6, 6.07) is 10.4. The molecule has 1 fully saturated rings. The molecule has 24 heavy (non-hydrogen) atoms. The highest BCUT2D eigenvalue weighted by Gasteiger charge is 2.24. The third-order valence-electron chi connectivity index (χ3n) is 4.28. The summed E-state index contributed by atoms with van der Waals surface area (Å²) < 4.78 is 13.7. The number of hydrogen-bond acceptors (Lipinski definition) is 2. The topological polar surface area (TPSA) is 58.2 Å². The minimum atomic E-state index is -0.294. The van der Waals surface area contributed by atoms with Gasteiger partial charge in [-0.3, -0.25) is 9.59 Å². The Bertz CT molecular complexity index is 794. The predicted octanol–water partition coefficient (Wildman–Crippen LogP) is 3.65. The van der Waals surface area contributed by atoms with E-state index in [4.69, 9.17) is 0 Å². The van der Waals surface area contributed by atoms with Gasteiger partial charge in [-0.2, -0.15) is 0 Å². The monoisotopic (exact) mass is 326 g/mol. The summed E-state index contributed by atoms with van der Waals surface area (Å²) in [7, 11) is 0. The van der Waals surface area contributed by atoms with Crippen LogP contribution in [-0.4, -0.2) is 11.8 Å². The van der Waals surface area contributed by atoms with Crippen LogP contribution in [-0.2, 0) is 4.79 Å². The summed E-state index contributed by atoms with van der Waals surface area (Å²) in [5, 5.41) is 5.79. The normalized spacial score (nSPS) is 16.8. The largest absolute Gasteiger partial charge is 0.349 e. The molecule has 0 radical (unpaired) electrons. The first-order chi connectivity index (χ1) is 11.5. The van der Waals surface area contributed by atoms with Gasteiger partial charge in [0.25, 0.3) is 5.91 Å². The Hall–Kier alpha value is -2.69. The molecule has 1 heterocycles. The number of carbonyl (C=O) groups is 2. The van der Waals surface area contributed by atoms with Crippen LogP contribution >= 0.6 is 0 Å². The van der Waals surface area contributed by atoms with Crippen molar-refractivity contribution in [1.29, 1.82) is 0 Å². The molecule has 5 heteroatoms. The highest BCUT2D eigenvalue weighted by Crippen LogP contribution is 2.30. The van der Waals surface area contributed by atoms with Crippen LogP contribution in [0.4, 0.5) is 10.1 Å². The van der Waals surface area contributed by atoms with Gasteiger partial charge in [0.05, 0.1) is 6.04 Å².